The van der Waals surface area contributed by atoms with Gasteiger partial charge in [-0.25, -0.2) is 4.99 Å². The van der Waals surface area contributed by atoms with Crippen molar-refractivity contribution in [2.45, 2.75) is 25.4 Å². The van der Waals surface area contributed by atoms with Gasteiger partial charge < -0.3 is 5.32 Å². The quantitative estimate of drug-likeness (QED) is 0.249. The lowest BCUT2D eigenvalue weighted by molar-refractivity contribution is 0.660. The number of aromatic nitrogens is 1. The number of nitrogens with one attached hydrogen (secondary N) is 1. The molecule has 6 aromatic rings. The van der Waals surface area contributed by atoms with Crippen molar-refractivity contribution in [3.8, 4) is 11.1 Å². The molecule has 1 atom stereocenters. The number of amidine groups is 1. The van der Waals surface area contributed by atoms with E-state index in [2.05, 4.69) is 121 Å². The molecule has 192 valence electrons. The minimum atomic E-state index is -0.255. The van der Waals surface area contributed by atoms with Crippen molar-refractivity contribution in [1.82, 2.24) is 9.88 Å². The maximum absolute atomic E-state index is 5.16. The first-order chi connectivity index (χ1) is 19.6. The fraction of sp³-hybridized carbons (Fsp3) is 0.111. The fourth-order valence-electron chi connectivity index (χ4n) is 6.46. The lowest BCUT2D eigenvalue weighted by Gasteiger charge is -2.25. The SMILES string of the molecule is CC1(C)c2ccccc2-c2cc3c(cc21)c1ccccc1n3C1=NC(c2ccccc2)=NC(c2ccccc2)N1. The molecule has 5 aromatic carbocycles. The van der Waals surface area contributed by atoms with Crippen LogP contribution in [0.15, 0.2) is 131 Å². The third-order valence-corrected chi connectivity index (χ3v) is 8.46. The molecule has 0 spiro atoms. The van der Waals surface area contributed by atoms with Crippen molar-refractivity contribution < 1.29 is 0 Å². The monoisotopic (exact) mass is 516 g/mol. The predicted octanol–water partition coefficient (Wildman–Crippen LogP) is 8.05. The summed E-state index contributed by atoms with van der Waals surface area (Å²) < 4.78 is 2.28. The van der Waals surface area contributed by atoms with Gasteiger partial charge in [-0.15, -0.1) is 0 Å². The maximum Gasteiger partial charge on any atom is 0.211 e. The second-order valence-corrected chi connectivity index (χ2v) is 11.1. The first-order valence-electron chi connectivity index (χ1n) is 13.8. The van der Waals surface area contributed by atoms with Crippen LogP contribution < -0.4 is 5.32 Å². The lowest BCUT2D eigenvalue weighted by atomic mass is 9.82. The lowest BCUT2D eigenvalue weighted by Crippen LogP contribution is -2.37. The molecule has 0 bridgehead atoms. The van der Waals surface area contributed by atoms with Gasteiger partial charge in [0.1, 0.15) is 6.17 Å². The minimum Gasteiger partial charge on any atom is -0.330 e. The van der Waals surface area contributed by atoms with E-state index in [0.29, 0.717) is 0 Å². The van der Waals surface area contributed by atoms with Crippen LogP contribution in [-0.4, -0.2) is 16.4 Å². The summed E-state index contributed by atoms with van der Waals surface area (Å²) in [6.07, 6.45) is -0.255. The van der Waals surface area contributed by atoms with Crippen LogP contribution in [0.3, 0.4) is 0 Å². The van der Waals surface area contributed by atoms with Gasteiger partial charge in [-0.3, -0.25) is 4.57 Å². The first-order valence-corrected chi connectivity index (χ1v) is 13.8. The number of hydrogen-bond donors (Lipinski definition) is 1. The Kier molecular flexibility index (Phi) is 4.89. The van der Waals surface area contributed by atoms with E-state index < -0.39 is 0 Å². The van der Waals surface area contributed by atoms with Crippen LogP contribution in [0.1, 0.15) is 42.3 Å². The maximum atomic E-state index is 5.16. The number of rotatable bonds is 2. The summed E-state index contributed by atoms with van der Waals surface area (Å²) in [6.45, 7) is 4.67. The summed E-state index contributed by atoms with van der Waals surface area (Å²) in [5.41, 5.74) is 9.66. The highest BCUT2D eigenvalue weighted by Crippen LogP contribution is 2.50. The number of aliphatic imine (C=N–C) groups is 2. The average molecular weight is 517 g/mol. The van der Waals surface area contributed by atoms with Gasteiger partial charge in [0.05, 0.1) is 11.0 Å². The molecule has 0 saturated carbocycles. The number of benzene rings is 5. The van der Waals surface area contributed by atoms with Crippen LogP contribution >= 0.6 is 0 Å². The molecule has 4 nitrogen and oxygen atoms in total. The zero-order valence-corrected chi connectivity index (χ0v) is 22.5. The summed E-state index contributed by atoms with van der Waals surface area (Å²) in [6, 6.07) is 42.9. The summed E-state index contributed by atoms with van der Waals surface area (Å²) in [7, 11) is 0. The highest BCUT2D eigenvalue weighted by Gasteiger charge is 2.36. The molecule has 2 aliphatic rings. The van der Waals surface area contributed by atoms with Gasteiger partial charge in [0.15, 0.2) is 5.84 Å². The van der Waals surface area contributed by atoms with Crippen LogP contribution in [0.25, 0.3) is 32.9 Å². The summed E-state index contributed by atoms with van der Waals surface area (Å²) in [5, 5.41) is 6.14. The van der Waals surface area contributed by atoms with E-state index in [-0.39, 0.29) is 11.6 Å². The molecule has 8 rings (SSSR count). The van der Waals surface area contributed by atoms with Crippen LogP contribution in [-0.2, 0) is 5.41 Å². The van der Waals surface area contributed by atoms with Crippen LogP contribution in [0.5, 0.6) is 0 Å². The van der Waals surface area contributed by atoms with Gasteiger partial charge >= 0.3 is 0 Å². The van der Waals surface area contributed by atoms with E-state index in [9.17, 15) is 0 Å². The largest absolute Gasteiger partial charge is 0.330 e. The molecule has 1 unspecified atom stereocenters. The average Bonchev–Trinajstić information content (AvgIpc) is 3.45. The molecule has 1 aromatic heterocycles. The van der Waals surface area contributed by atoms with Crippen LogP contribution in [0, 0.1) is 0 Å². The molecule has 1 N–H and O–H groups in total. The van der Waals surface area contributed by atoms with Crippen molar-refractivity contribution in [3.63, 3.8) is 0 Å². The highest BCUT2D eigenvalue weighted by molar-refractivity contribution is 6.18. The molecule has 0 amide bonds. The molecule has 0 fully saturated rings. The van der Waals surface area contributed by atoms with Crippen molar-refractivity contribution >= 4 is 33.6 Å². The number of para-hydroxylation sites is 1. The standard InChI is InChI=1S/C36H28N4/c1-36(2)29-19-11-9-17-25(29)27-22-32-28(21-30(27)36)26-18-10-12-20-31(26)40(32)35-38-33(23-13-5-3-6-14-23)37-34(39-35)24-15-7-4-8-16-24/h3-22,33H,1-2H3,(H,37,38,39). The minimum absolute atomic E-state index is 0.0601. The summed E-state index contributed by atoms with van der Waals surface area (Å²) >= 11 is 0. The Morgan fingerprint density at radius 2 is 1.35 bits per heavy atom. The number of nitrogens with zero attached hydrogens (tertiary/aromatic N) is 3. The number of hydrogen-bond acceptors (Lipinski definition) is 3. The van der Waals surface area contributed by atoms with Gasteiger partial charge in [0.2, 0.25) is 5.96 Å². The van der Waals surface area contributed by atoms with Gasteiger partial charge in [0.25, 0.3) is 0 Å². The third-order valence-electron chi connectivity index (χ3n) is 8.46. The molecule has 2 heterocycles. The zero-order chi connectivity index (χ0) is 26.8. The molecular weight excluding hydrogens is 488 g/mol. The Bertz CT molecular complexity index is 2000. The van der Waals surface area contributed by atoms with Crippen LogP contribution in [0.2, 0.25) is 0 Å². The summed E-state index contributed by atoms with van der Waals surface area (Å²) in [4.78, 5) is 10.2. The molecule has 0 saturated heterocycles. The zero-order valence-electron chi connectivity index (χ0n) is 22.5. The van der Waals surface area contributed by atoms with E-state index in [0.717, 1.165) is 34.0 Å². The summed E-state index contributed by atoms with van der Waals surface area (Å²) in [5.74, 6) is 1.50. The molecule has 1 aliphatic carbocycles. The Labute approximate surface area is 233 Å². The van der Waals surface area contributed by atoms with Crippen molar-refractivity contribution in [2.24, 2.45) is 9.98 Å². The van der Waals surface area contributed by atoms with Gasteiger partial charge in [0, 0.05) is 21.8 Å². The van der Waals surface area contributed by atoms with E-state index >= 15 is 0 Å². The fourth-order valence-corrected chi connectivity index (χ4v) is 6.46. The van der Waals surface area contributed by atoms with E-state index in [1.807, 2.05) is 24.3 Å². The topological polar surface area (TPSA) is 41.7 Å². The van der Waals surface area contributed by atoms with Crippen molar-refractivity contribution in [1.29, 1.82) is 0 Å². The van der Waals surface area contributed by atoms with E-state index in [1.165, 1.54) is 33.0 Å². The Balaban J connectivity index is 1.40. The van der Waals surface area contributed by atoms with Gasteiger partial charge in [-0.05, 0) is 46.0 Å². The highest BCUT2D eigenvalue weighted by atomic mass is 15.3. The van der Waals surface area contributed by atoms with E-state index in [4.69, 9.17) is 9.98 Å². The molecular formula is C36H28N4. The van der Waals surface area contributed by atoms with Crippen molar-refractivity contribution in [2.75, 3.05) is 0 Å². The van der Waals surface area contributed by atoms with Crippen LogP contribution in [0.4, 0.5) is 0 Å². The van der Waals surface area contributed by atoms with Gasteiger partial charge in [-0.1, -0.05) is 117 Å². The molecule has 40 heavy (non-hydrogen) atoms. The second kappa shape index (κ2) is 8.52. The van der Waals surface area contributed by atoms with E-state index in [1.54, 1.807) is 0 Å². The first kappa shape index (κ1) is 23.0. The Morgan fingerprint density at radius 3 is 2.17 bits per heavy atom. The normalized spacial score (nSPS) is 17.2. The number of fused-ring (bicyclic) bond motifs is 6. The Hall–Kier alpha value is -4.96. The molecule has 1 aliphatic heterocycles. The second-order valence-electron chi connectivity index (χ2n) is 11.1. The molecule has 0 radical (unpaired) electrons. The smallest absolute Gasteiger partial charge is 0.211 e. The third kappa shape index (κ3) is 3.32. The molecule has 4 heteroatoms. The van der Waals surface area contributed by atoms with Crippen molar-refractivity contribution in [3.05, 3.63) is 144 Å². The van der Waals surface area contributed by atoms with Gasteiger partial charge in [-0.2, -0.15) is 4.99 Å². The predicted molar refractivity (Wildman–Crippen MR) is 165 cm³/mol. The Morgan fingerprint density at radius 1 is 0.650 bits per heavy atom.